The van der Waals surface area contributed by atoms with Crippen molar-refractivity contribution < 1.29 is 22.8 Å². The Morgan fingerprint density at radius 2 is 1.88 bits per heavy atom. The lowest BCUT2D eigenvalue weighted by Gasteiger charge is -2.32. The largest absolute Gasteiger partial charge is 0.497 e. The van der Waals surface area contributed by atoms with E-state index in [9.17, 15) is 13.2 Å². The van der Waals surface area contributed by atoms with Gasteiger partial charge in [0.25, 0.3) is 15.9 Å². The first-order valence-corrected chi connectivity index (χ1v) is 11.9. The molecule has 0 radical (unpaired) electrons. The highest BCUT2D eigenvalue weighted by atomic mass is 32.2. The highest BCUT2D eigenvalue weighted by Crippen LogP contribution is 2.35. The SMILES string of the molecule is COc1ccc2[nH]cc(C3CCN(C(=O)c4cccc(S(=O)(=O)N(C)OC)c4)CC3)c2c1. The zero-order chi connectivity index (χ0) is 22.9. The molecule has 1 aromatic heterocycles. The maximum Gasteiger partial charge on any atom is 0.264 e. The van der Waals surface area contributed by atoms with Crippen molar-refractivity contribution in [1.29, 1.82) is 0 Å². The van der Waals surface area contributed by atoms with Crippen LogP contribution in [0.25, 0.3) is 10.9 Å². The van der Waals surface area contributed by atoms with Gasteiger partial charge in [0.1, 0.15) is 5.75 Å². The number of hydrogen-bond donors (Lipinski definition) is 1. The van der Waals surface area contributed by atoms with Gasteiger partial charge in [-0.15, -0.1) is 0 Å². The molecule has 1 amide bonds. The van der Waals surface area contributed by atoms with Gasteiger partial charge in [0, 0.05) is 42.8 Å². The second kappa shape index (κ2) is 8.93. The number of sulfonamides is 1. The van der Waals surface area contributed by atoms with Crippen molar-refractivity contribution in [2.24, 2.45) is 0 Å². The molecule has 0 saturated carbocycles. The zero-order valence-corrected chi connectivity index (χ0v) is 19.2. The molecule has 1 fully saturated rings. The molecule has 0 unspecified atom stereocenters. The third-order valence-electron chi connectivity index (χ3n) is 6.12. The molecule has 0 bridgehead atoms. The topological polar surface area (TPSA) is 91.9 Å². The molecule has 0 aliphatic carbocycles. The van der Waals surface area contributed by atoms with Gasteiger partial charge in [-0.05, 0) is 60.7 Å². The number of piperidine rings is 1. The predicted octanol–water partition coefficient (Wildman–Crippen LogP) is 3.38. The first-order chi connectivity index (χ1) is 15.3. The first kappa shape index (κ1) is 22.3. The number of H-pyrrole nitrogens is 1. The third kappa shape index (κ3) is 4.11. The average molecular weight is 458 g/mol. The second-order valence-corrected chi connectivity index (χ2v) is 9.78. The van der Waals surface area contributed by atoms with E-state index in [0.717, 1.165) is 34.0 Å². The number of benzene rings is 2. The van der Waals surface area contributed by atoms with Gasteiger partial charge in [-0.3, -0.25) is 9.63 Å². The van der Waals surface area contributed by atoms with Crippen molar-refractivity contribution in [1.82, 2.24) is 14.4 Å². The summed E-state index contributed by atoms with van der Waals surface area (Å²) in [6.07, 6.45) is 3.72. The van der Waals surface area contributed by atoms with Crippen LogP contribution in [-0.4, -0.2) is 63.0 Å². The number of aromatic amines is 1. The minimum atomic E-state index is -3.81. The van der Waals surface area contributed by atoms with Gasteiger partial charge in [0.2, 0.25) is 0 Å². The molecule has 2 heterocycles. The maximum atomic E-state index is 13.1. The van der Waals surface area contributed by atoms with Crippen LogP contribution in [0.1, 0.15) is 34.7 Å². The minimum Gasteiger partial charge on any atom is -0.497 e. The molecule has 0 spiro atoms. The van der Waals surface area contributed by atoms with E-state index in [1.165, 1.54) is 31.9 Å². The number of fused-ring (bicyclic) bond motifs is 1. The molecule has 0 atom stereocenters. The fraction of sp³-hybridized carbons (Fsp3) is 0.348. The number of nitrogens with zero attached hydrogens (tertiary/aromatic N) is 2. The molecule has 1 N–H and O–H groups in total. The van der Waals surface area contributed by atoms with E-state index >= 15 is 0 Å². The predicted molar refractivity (Wildman–Crippen MR) is 121 cm³/mol. The molecule has 1 aliphatic rings. The van der Waals surface area contributed by atoms with Crippen molar-refractivity contribution in [2.45, 2.75) is 23.7 Å². The Bertz CT molecular complexity index is 1230. The van der Waals surface area contributed by atoms with E-state index < -0.39 is 10.0 Å². The summed E-state index contributed by atoms with van der Waals surface area (Å²) < 4.78 is 31.2. The Kier molecular flexibility index (Phi) is 6.23. The Morgan fingerprint density at radius 3 is 2.56 bits per heavy atom. The summed E-state index contributed by atoms with van der Waals surface area (Å²) >= 11 is 0. The van der Waals surface area contributed by atoms with Gasteiger partial charge in [-0.1, -0.05) is 10.5 Å². The van der Waals surface area contributed by atoms with Crippen LogP contribution in [-0.2, 0) is 14.9 Å². The van der Waals surface area contributed by atoms with Crippen molar-refractivity contribution in [3.05, 3.63) is 59.8 Å². The van der Waals surface area contributed by atoms with Crippen LogP contribution in [0.2, 0.25) is 0 Å². The minimum absolute atomic E-state index is 0.0234. The molecule has 32 heavy (non-hydrogen) atoms. The fourth-order valence-corrected chi connectivity index (χ4v) is 5.22. The number of aromatic nitrogens is 1. The van der Waals surface area contributed by atoms with Crippen LogP contribution in [0.5, 0.6) is 5.75 Å². The van der Waals surface area contributed by atoms with Crippen molar-refractivity contribution >= 4 is 26.8 Å². The number of hydrogen-bond acceptors (Lipinski definition) is 5. The first-order valence-electron chi connectivity index (χ1n) is 10.4. The Hall–Kier alpha value is -2.88. The Morgan fingerprint density at radius 1 is 1.12 bits per heavy atom. The number of methoxy groups -OCH3 is 1. The van der Waals surface area contributed by atoms with Crippen LogP contribution >= 0.6 is 0 Å². The van der Waals surface area contributed by atoms with Gasteiger partial charge in [0.15, 0.2) is 0 Å². The number of amides is 1. The number of carbonyl (C=O) groups excluding carboxylic acids is 1. The lowest BCUT2D eigenvalue weighted by Crippen LogP contribution is -2.38. The van der Waals surface area contributed by atoms with Crippen molar-refractivity contribution in [3.8, 4) is 5.75 Å². The number of rotatable bonds is 6. The lowest BCUT2D eigenvalue weighted by molar-refractivity contribution is -0.0258. The van der Waals surface area contributed by atoms with Crippen LogP contribution < -0.4 is 4.74 Å². The molecular weight excluding hydrogens is 430 g/mol. The number of likely N-dealkylation sites (tertiary alicyclic amines) is 1. The van der Waals surface area contributed by atoms with Crippen LogP contribution in [0.3, 0.4) is 0 Å². The summed E-state index contributed by atoms with van der Waals surface area (Å²) in [7, 11) is 0.436. The van der Waals surface area contributed by atoms with E-state index in [1.54, 1.807) is 24.1 Å². The molecule has 9 heteroatoms. The van der Waals surface area contributed by atoms with E-state index in [-0.39, 0.29) is 10.8 Å². The van der Waals surface area contributed by atoms with Crippen LogP contribution in [0.4, 0.5) is 0 Å². The molecule has 2 aromatic carbocycles. The molecule has 4 rings (SSSR count). The smallest absolute Gasteiger partial charge is 0.264 e. The summed E-state index contributed by atoms with van der Waals surface area (Å²) in [5.41, 5.74) is 2.66. The van der Waals surface area contributed by atoms with E-state index in [0.29, 0.717) is 24.6 Å². The maximum absolute atomic E-state index is 13.1. The van der Waals surface area contributed by atoms with E-state index in [4.69, 9.17) is 9.57 Å². The number of nitrogens with one attached hydrogen (secondary N) is 1. The highest BCUT2D eigenvalue weighted by molar-refractivity contribution is 7.89. The summed E-state index contributed by atoms with van der Waals surface area (Å²) in [6.45, 7) is 1.21. The second-order valence-electron chi connectivity index (χ2n) is 7.85. The fourth-order valence-electron chi connectivity index (χ4n) is 4.20. The molecule has 1 aliphatic heterocycles. The van der Waals surface area contributed by atoms with Crippen molar-refractivity contribution in [2.75, 3.05) is 34.4 Å². The number of ether oxygens (including phenoxy) is 1. The highest BCUT2D eigenvalue weighted by Gasteiger charge is 2.28. The summed E-state index contributed by atoms with van der Waals surface area (Å²) in [4.78, 5) is 23.0. The van der Waals surface area contributed by atoms with Gasteiger partial charge in [-0.25, -0.2) is 8.42 Å². The lowest BCUT2D eigenvalue weighted by atomic mass is 9.89. The summed E-state index contributed by atoms with van der Waals surface area (Å²) in [5, 5.41) is 1.15. The van der Waals surface area contributed by atoms with Gasteiger partial charge >= 0.3 is 0 Å². The van der Waals surface area contributed by atoms with Crippen LogP contribution in [0, 0.1) is 0 Å². The molecule has 170 valence electrons. The molecule has 1 saturated heterocycles. The van der Waals surface area contributed by atoms with E-state index in [1.807, 2.05) is 24.4 Å². The standard InChI is InChI=1S/C23H27N3O5S/c1-25(31-3)32(28,29)19-6-4-5-17(13-19)23(27)26-11-9-16(10-12-26)21-15-24-22-8-7-18(30-2)14-20(21)22/h4-8,13-16,24H,9-12H2,1-3H3. The zero-order valence-electron chi connectivity index (χ0n) is 18.4. The Balaban J connectivity index is 1.48. The molecule has 3 aromatic rings. The number of carbonyl (C=O) groups is 1. The van der Waals surface area contributed by atoms with Crippen molar-refractivity contribution in [3.63, 3.8) is 0 Å². The Labute approximate surface area is 187 Å². The van der Waals surface area contributed by atoms with Gasteiger partial charge in [-0.2, -0.15) is 0 Å². The monoisotopic (exact) mass is 457 g/mol. The normalized spacial score (nSPS) is 15.4. The quantitative estimate of drug-likeness (QED) is 0.573. The molecular formula is C23H27N3O5S. The van der Waals surface area contributed by atoms with E-state index in [2.05, 4.69) is 4.98 Å². The third-order valence-corrected chi connectivity index (χ3v) is 7.79. The summed E-state index contributed by atoms with van der Waals surface area (Å²) in [5.74, 6) is 0.989. The molecule has 8 nitrogen and oxygen atoms in total. The average Bonchev–Trinajstić information content (AvgIpc) is 3.26. The number of hydroxylamine groups is 1. The van der Waals surface area contributed by atoms with Gasteiger partial charge < -0.3 is 14.6 Å². The summed E-state index contributed by atoms with van der Waals surface area (Å²) in [6, 6.07) is 12.1. The van der Waals surface area contributed by atoms with Crippen LogP contribution in [0.15, 0.2) is 53.6 Å². The van der Waals surface area contributed by atoms with Gasteiger partial charge in [0.05, 0.1) is 19.1 Å².